The largest absolute Gasteiger partial charge is 1.00 e. The third kappa shape index (κ3) is 13.9. The average molecular weight is 425 g/mol. The first-order valence-electron chi connectivity index (χ1n) is 9.79. The fourth-order valence-corrected chi connectivity index (χ4v) is 2.80. The van der Waals surface area contributed by atoms with E-state index in [9.17, 15) is 13.0 Å². The van der Waals surface area contributed by atoms with E-state index in [-0.39, 0.29) is 42.8 Å². The second-order valence-corrected chi connectivity index (χ2v) is 8.20. The monoisotopic (exact) mass is 424 g/mol. The molecule has 0 bridgehead atoms. The molecule has 0 spiro atoms. The number of aryl methyl sites for hydroxylation is 1. The van der Waals surface area contributed by atoms with Crippen molar-refractivity contribution in [3.8, 4) is 5.75 Å². The summed E-state index contributed by atoms with van der Waals surface area (Å²) < 4.78 is 47.7. The van der Waals surface area contributed by atoms with Crippen molar-refractivity contribution in [2.75, 3.05) is 26.4 Å². The standard InChI is InChI=1S/C20H34O6S.Na/c1-3-4-5-6-7-8-9-19-10-12-20(13-11-19)26-17-15-24-14-16-25-18(2)27(21,22)23;/h10-13,18H,3-9,14-17H2,1-2H3,(H,21,22,23);/q;+1/p-1. The van der Waals surface area contributed by atoms with Crippen LogP contribution in [0.15, 0.2) is 24.3 Å². The van der Waals surface area contributed by atoms with E-state index in [0.717, 1.165) is 12.2 Å². The normalized spacial score (nSPS) is 12.4. The quantitative estimate of drug-likeness (QED) is 0.223. The summed E-state index contributed by atoms with van der Waals surface area (Å²) in [5.74, 6) is 0.799. The van der Waals surface area contributed by atoms with Gasteiger partial charge >= 0.3 is 29.6 Å². The first-order valence-corrected chi connectivity index (χ1v) is 11.3. The van der Waals surface area contributed by atoms with Crippen LogP contribution >= 0.6 is 0 Å². The molecule has 1 atom stereocenters. The Morgan fingerprint density at radius 2 is 1.54 bits per heavy atom. The minimum Gasteiger partial charge on any atom is -0.746 e. The van der Waals surface area contributed by atoms with Crippen LogP contribution in [0.1, 0.15) is 57.9 Å². The minimum absolute atomic E-state index is 0. The zero-order chi connectivity index (χ0) is 20.0. The van der Waals surface area contributed by atoms with Crippen LogP contribution in [0.3, 0.4) is 0 Å². The van der Waals surface area contributed by atoms with E-state index in [0.29, 0.717) is 13.2 Å². The number of unbranched alkanes of at least 4 members (excludes halogenated alkanes) is 5. The Labute approximate surface area is 192 Å². The Morgan fingerprint density at radius 1 is 0.929 bits per heavy atom. The molecule has 0 aromatic heterocycles. The molecule has 28 heavy (non-hydrogen) atoms. The van der Waals surface area contributed by atoms with E-state index in [1.807, 2.05) is 12.1 Å². The molecular formula is C20H33NaO6S. The number of rotatable bonds is 16. The van der Waals surface area contributed by atoms with Gasteiger partial charge in [-0.25, -0.2) is 8.42 Å². The van der Waals surface area contributed by atoms with Crippen molar-refractivity contribution in [3.05, 3.63) is 29.8 Å². The van der Waals surface area contributed by atoms with Crippen molar-refractivity contribution >= 4 is 10.1 Å². The maximum Gasteiger partial charge on any atom is 1.00 e. The van der Waals surface area contributed by atoms with Crippen molar-refractivity contribution in [1.29, 1.82) is 0 Å². The van der Waals surface area contributed by atoms with Crippen LogP contribution in [0, 0.1) is 0 Å². The molecule has 0 radical (unpaired) electrons. The van der Waals surface area contributed by atoms with Crippen LogP contribution in [0.25, 0.3) is 0 Å². The zero-order valence-electron chi connectivity index (χ0n) is 17.5. The van der Waals surface area contributed by atoms with Crippen LogP contribution in [-0.4, -0.2) is 44.8 Å². The summed E-state index contributed by atoms with van der Waals surface area (Å²) in [6.45, 7) is 4.46. The van der Waals surface area contributed by atoms with Gasteiger partial charge in [-0.15, -0.1) is 0 Å². The Balaban J connectivity index is 0.00000729. The molecule has 0 saturated carbocycles. The van der Waals surface area contributed by atoms with Gasteiger partial charge in [0, 0.05) is 0 Å². The minimum atomic E-state index is -4.40. The van der Waals surface area contributed by atoms with Crippen molar-refractivity contribution in [3.63, 3.8) is 0 Å². The van der Waals surface area contributed by atoms with Crippen LogP contribution in [-0.2, 0) is 26.0 Å². The zero-order valence-corrected chi connectivity index (χ0v) is 20.3. The molecule has 0 aliphatic rings. The van der Waals surface area contributed by atoms with Gasteiger partial charge in [0.15, 0.2) is 0 Å². The number of ether oxygens (including phenoxy) is 3. The second kappa shape index (κ2) is 16.6. The van der Waals surface area contributed by atoms with Crippen molar-refractivity contribution in [2.45, 2.75) is 64.2 Å². The Hall–Kier alpha value is -0.150. The summed E-state index contributed by atoms with van der Waals surface area (Å²) in [4.78, 5) is 0. The molecule has 156 valence electrons. The maximum absolute atomic E-state index is 10.6. The molecule has 0 amide bonds. The predicted molar refractivity (Wildman–Crippen MR) is 105 cm³/mol. The second-order valence-electron chi connectivity index (χ2n) is 6.55. The van der Waals surface area contributed by atoms with Gasteiger partial charge in [0.2, 0.25) is 0 Å². The fourth-order valence-electron chi connectivity index (χ4n) is 2.54. The predicted octanol–water partition coefficient (Wildman–Crippen LogP) is 0.897. The smallest absolute Gasteiger partial charge is 0.746 e. The maximum atomic E-state index is 10.6. The molecule has 0 N–H and O–H groups in total. The Bertz CT molecular complexity index is 591. The van der Waals surface area contributed by atoms with Crippen molar-refractivity contribution in [2.24, 2.45) is 0 Å². The van der Waals surface area contributed by atoms with E-state index in [1.165, 1.54) is 51.0 Å². The molecule has 1 unspecified atom stereocenters. The van der Waals surface area contributed by atoms with Crippen LogP contribution in [0.4, 0.5) is 0 Å². The van der Waals surface area contributed by atoms with Crippen molar-refractivity contribution in [1.82, 2.24) is 0 Å². The van der Waals surface area contributed by atoms with Gasteiger partial charge in [-0.2, -0.15) is 0 Å². The molecule has 0 heterocycles. The van der Waals surface area contributed by atoms with E-state index in [4.69, 9.17) is 14.2 Å². The summed E-state index contributed by atoms with van der Waals surface area (Å²) in [6, 6.07) is 8.13. The van der Waals surface area contributed by atoms with Gasteiger partial charge in [-0.3, -0.25) is 0 Å². The van der Waals surface area contributed by atoms with E-state index in [2.05, 4.69) is 19.1 Å². The molecule has 8 heteroatoms. The fraction of sp³-hybridized carbons (Fsp3) is 0.700. The van der Waals surface area contributed by atoms with Gasteiger partial charge < -0.3 is 18.8 Å². The van der Waals surface area contributed by atoms with Gasteiger partial charge in [0.1, 0.15) is 27.9 Å². The summed E-state index contributed by atoms with van der Waals surface area (Å²) >= 11 is 0. The van der Waals surface area contributed by atoms with Crippen LogP contribution < -0.4 is 34.3 Å². The molecule has 1 rings (SSSR count). The summed E-state index contributed by atoms with van der Waals surface area (Å²) in [7, 11) is -4.40. The SMILES string of the molecule is CCCCCCCCc1ccc(OCCOCCOC(C)S(=O)(=O)[O-])cc1.[Na+]. The third-order valence-corrected chi connectivity index (χ3v) is 5.17. The molecule has 0 aliphatic heterocycles. The molecule has 1 aromatic carbocycles. The van der Waals surface area contributed by atoms with Crippen LogP contribution in [0.2, 0.25) is 0 Å². The molecule has 0 fully saturated rings. The van der Waals surface area contributed by atoms with Gasteiger partial charge in [0.25, 0.3) is 0 Å². The number of hydrogen-bond acceptors (Lipinski definition) is 6. The first kappa shape index (κ1) is 27.8. The Kier molecular flexibility index (Phi) is 16.5. The number of hydrogen-bond donors (Lipinski definition) is 0. The van der Waals surface area contributed by atoms with E-state index < -0.39 is 15.6 Å². The van der Waals surface area contributed by atoms with Crippen LogP contribution in [0.5, 0.6) is 5.75 Å². The molecule has 1 aromatic rings. The van der Waals surface area contributed by atoms with Gasteiger partial charge in [-0.1, -0.05) is 51.2 Å². The molecule has 0 saturated heterocycles. The topological polar surface area (TPSA) is 84.9 Å². The Morgan fingerprint density at radius 3 is 2.18 bits per heavy atom. The average Bonchev–Trinajstić information content (AvgIpc) is 2.64. The molecular weight excluding hydrogens is 391 g/mol. The third-order valence-electron chi connectivity index (χ3n) is 4.23. The van der Waals surface area contributed by atoms with Gasteiger partial charge in [0.05, 0.1) is 19.8 Å². The van der Waals surface area contributed by atoms with E-state index >= 15 is 0 Å². The van der Waals surface area contributed by atoms with Crippen molar-refractivity contribution < 1.29 is 56.7 Å². The van der Waals surface area contributed by atoms with Gasteiger partial charge in [-0.05, 0) is 37.5 Å². The number of benzene rings is 1. The summed E-state index contributed by atoms with van der Waals surface area (Å²) in [6.07, 6.45) is 8.91. The molecule has 6 nitrogen and oxygen atoms in total. The first-order chi connectivity index (χ1) is 12.9. The summed E-state index contributed by atoms with van der Waals surface area (Å²) in [5.41, 5.74) is -0.0270. The molecule has 0 aliphatic carbocycles. The van der Waals surface area contributed by atoms with E-state index in [1.54, 1.807) is 0 Å². The summed E-state index contributed by atoms with van der Waals surface area (Å²) in [5, 5.41) is 0.